The van der Waals surface area contributed by atoms with Crippen molar-refractivity contribution in [2.75, 3.05) is 6.54 Å². The highest BCUT2D eigenvalue weighted by molar-refractivity contribution is 6.31. The molecule has 1 atom stereocenters. The molecule has 100 valence electrons. The molecule has 2 N–H and O–H groups in total. The molecule has 0 fully saturated rings. The number of amides is 2. The third-order valence-electron chi connectivity index (χ3n) is 2.17. The molecule has 1 aromatic carbocycles. The van der Waals surface area contributed by atoms with Gasteiger partial charge in [0.15, 0.2) is 0 Å². The lowest BCUT2D eigenvalue weighted by atomic mass is 10.1. The van der Waals surface area contributed by atoms with Crippen LogP contribution in [0.25, 0.3) is 0 Å². The minimum Gasteiger partial charge on any atom is -0.332 e. The van der Waals surface area contributed by atoms with Gasteiger partial charge in [-0.15, -0.1) is 0 Å². The van der Waals surface area contributed by atoms with Gasteiger partial charge in [-0.25, -0.2) is 4.79 Å². The molecule has 0 aliphatic carbocycles. The molecule has 0 saturated heterocycles. The number of nitrogens with one attached hydrogen (secondary N) is 2. The van der Waals surface area contributed by atoms with Gasteiger partial charge >= 0.3 is 12.2 Å². The molecule has 0 radical (unpaired) electrons. The highest BCUT2D eigenvalue weighted by Crippen LogP contribution is 2.21. The van der Waals surface area contributed by atoms with E-state index in [1.165, 1.54) is 0 Å². The predicted molar refractivity (Wildman–Crippen MR) is 62.5 cm³/mol. The molecular weight excluding hydrogens is 269 g/mol. The van der Waals surface area contributed by atoms with Crippen molar-refractivity contribution in [3.8, 4) is 0 Å². The summed E-state index contributed by atoms with van der Waals surface area (Å²) in [4.78, 5) is 11.2. The molecule has 18 heavy (non-hydrogen) atoms. The molecule has 0 aliphatic rings. The van der Waals surface area contributed by atoms with E-state index in [9.17, 15) is 18.0 Å². The van der Waals surface area contributed by atoms with E-state index in [-0.39, 0.29) is 0 Å². The van der Waals surface area contributed by atoms with Crippen LogP contribution in [0.5, 0.6) is 0 Å². The van der Waals surface area contributed by atoms with E-state index < -0.39 is 24.8 Å². The standard InChI is InChI=1S/C11H12ClF3N2O/c1-7(8-4-2-3-5-9(8)12)17-10(18)16-6-11(13,14)15/h2-5,7H,6H2,1H3,(H2,16,17,18). The maximum Gasteiger partial charge on any atom is 0.405 e. The molecule has 0 spiro atoms. The second-order valence-corrected chi connectivity index (χ2v) is 4.09. The third-order valence-corrected chi connectivity index (χ3v) is 2.51. The Hall–Kier alpha value is -1.43. The molecule has 1 rings (SSSR count). The SMILES string of the molecule is CC(NC(=O)NCC(F)(F)F)c1ccccc1Cl. The molecule has 3 nitrogen and oxygen atoms in total. The lowest BCUT2D eigenvalue weighted by Crippen LogP contribution is -2.41. The van der Waals surface area contributed by atoms with Gasteiger partial charge in [-0.2, -0.15) is 13.2 Å². The zero-order valence-electron chi connectivity index (χ0n) is 9.51. The van der Waals surface area contributed by atoms with Crippen molar-refractivity contribution in [1.29, 1.82) is 0 Å². The predicted octanol–water partition coefficient (Wildman–Crippen LogP) is 3.26. The molecule has 0 aromatic heterocycles. The number of rotatable bonds is 3. The van der Waals surface area contributed by atoms with Gasteiger partial charge in [-0.1, -0.05) is 29.8 Å². The summed E-state index contributed by atoms with van der Waals surface area (Å²) in [5.41, 5.74) is 0.640. The first-order valence-electron chi connectivity index (χ1n) is 5.15. The van der Waals surface area contributed by atoms with Gasteiger partial charge in [0.05, 0.1) is 6.04 Å². The van der Waals surface area contributed by atoms with Crippen LogP contribution in [0, 0.1) is 0 Å². The van der Waals surface area contributed by atoms with Crippen molar-refractivity contribution in [3.05, 3.63) is 34.9 Å². The maximum atomic E-state index is 11.9. The third kappa shape index (κ3) is 4.83. The molecular formula is C11H12ClF3N2O. The topological polar surface area (TPSA) is 41.1 Å². The molecule has 0 heterocycles. The number of hydrogen-bond donors (Lipinski definition) is 2. The summed E-state index contributed by atoms with van der Waals surface area (Å²) in [5.74, 6) is 0. The fourth-order valence-corrected chi connectivity index (χ4v) is 1.63. The van der Waals surface area contributed by atoms with Gasteiger partial charge in [-0.3, -0.25) is 0 Å². The summed E-state index contributed by atoms with van der Waals surface area (Å²) < 4.78 is 35.6. The Morgan fingerprint density at radius 3 is 2.56 bits per heavy atom. The van der Waals surface area contributed by atoms with Crippen molar-refractivity contribution < 1.29 is 18.0 Å². The fourth-order valence-electron chi connectivity index (χ4n) is 1.33. The van der Waals surface area contributed by atoms with Crippen LogP contribution in [0.15, 0.2) is 24.3 Å². The lowest BCUT2D eigenvalue weighted by Gasteiger charge is -2.16. The number of urea groups is 1. The van der Waals surface area contributed by atoms with Gasteiger partial charge in [0.1, 0.15) is 6.54 Å². The lowest BCUT2D eigenvalue weighted by molar-refractivity contribution is -0.122. The normalized spacial score (nSPS) is 12.9. The smallest absolute Gasteiger partial charge is 0.332 e. The molecule has 0 bridgehead atoms. The monoisotopic (exact) mass is 280 g/mol. The van der Waals surface area contributed by atoms with E-state index >= 15 is 0 Å². The van der Waals surface area contributed by atoms with Gasteiger partial charge in [-0.05, 0) is 18.6 Å². The first kappa shape index (κ1) is 14.6. The molecule has 0 aliphatic heterocycles. The average molecular weight is 281 g/mol. The molecule has 1 unspecified atom stereocenters. The Morgan fingerprint density at radius 2 is 2.00 bits per heavy atom. The number of hydrogen-bond acceptors (Lipinski definition) is 1. The summed E-state index contributed by atoms with van der Waals surface area (Å²) in [6.45, 7) is 0.266. The second-order valence-electron chi connectivity index (χ2n) is 3.69. The van der Waals surface area contributed by atoms with Crippen LogP contribution < -0.4 is 10.6 Å². The van der Waals surface area contributed by atoms with E-state index in [1.54, 1.807) is 36.5 Å². The van der Waals surface area contributed by atoms with Crippen LogP contribution in [0.1, 0.15) is 18.5 Å². The number of halogens is 4. The number of carbonyl (C=O) groups is 1. The molecule has 2 amide bonds. The van der Waals surface area contributed by atoms with Gasteiger partial charge in [0.25, 0.3) is 0 Å². The highest BCUT2D eigenvalue weighted by Gasteiger charge is 2.27. The highest BCUT2D eigenvalue weighted by atomic mass is 35.5. The van der Waals surface area contributed by atoms with Crippen molar-refractivity contribution in [2.45, 2.75) is 19.1 Å². The number of alkyl halides is 3. The Bertz CT molecular complexity index is 423. The van der Waals surface area contributed by atoms with Crippen LogP contribution in [-0.4, -0.2) is 18.8 Å². The van der Waals surface area contributed by atoms with Gasteiger partial charge in [0.2, 0.25) is 0 Å². The molecule has 0 saturated carbocycles. The van der Waals surface area contributed by atoms with Gasteiger partial charge < -0.3 is 10.6 Å². The Morgan fingerprint density at radius 1 is 1.39 bits per heavy atom. The van der Waals surface area contributed by atoms with E-state index in [0.717, 1.165) is 0 Å². The summed E-state index contributed by atoms with van der Waals surface area (Å²) >= 11 is 5.90. The van der Waals surface area contributed by atoms with Crippen LogP contribution in [0.2, 0.25) is 5.02 Å². The fraction of sp³-hybridized carbons (Fsp3) is 0.364. The summed E-state index contributed by atoms with van der Waals surface area (Å²) in [7, 11) is 0. The Kier molecular flexibility index (Phi) is 4.84. The Balaban J connectivity index is 2.53. The average Bonchev–Trinajstić information content (AvgIpc) is 2.26. The zero-order valence-corrected chi connectivity index (χ0v) is 10.3. The molecule has 1 aromatic rings. The zero-order chi connectivity index (χ0) is 13.8. The number of carbonyl (C=O) groups excluding carboxylic acids is 1. The quantitative estimate of drug-likeness (QED) is 0.877. The first-order valence-corrected chi connectivity index (χ1v) is 5.53. The van der Waals surface area contributed by atoms with E-state index in [4.69, 9.17) is 11.6 Å². The molecule has 7 heteroatoms. The Labute approximate surface area is 107 Å². The maximum absolute atomic E-state index is 11.9. The van der Waals surface area contributed by atoms with Crippen LogP contribution in [0.4, 0.5) is 18.0 Å². The van der Waals surface area contributed by atoms with E-state index in [1.807, 2.05) is 0 Å². The minimum absolute atomic E-state index is 0.445. The number of benzene rings is 1. The van der Waals surface area contributed by atoms with Crippen molar-refractivity contribution in [2.24, 2.45) is 0 Å². The summed E-state index contributed by atoms with van der Waals surface area (Å²) in [6.07, 6.45) is -4.43. The van der Waals surface area contributed by atoms with Crippen molar-refractivity contribution >= 4 is 17.6 Å². The van der Waals surface area contributed by atoms with Crippen molar-refractivity contribution in [1.82, 2.24) is 10.6 Å². The van der Waals surface area contributed by atoms with Crippen LogP contribution in [0.3, 0.4) is 0 Å². The van der Waals surface area contributed by atoms with E-state index in [0.29, 0.717) is 10.6 Å². The summed E-state index contributed by atoms with van der Waals surface area (Å²) in [6, 6.07) is 5.42. The van der Waals surface area contributed by atoms with Crippen molar-refractivity contribution in [3.63, 3.8) is 0 Å². The first-order chi connectivity index (χ1) is 8.29. The van der Waals surface area contributed by atoms with Gasteiger partial charge in [0, 0.05) is 5.02 Å². The summed E-state index contributed by atoms with van der Waals surface area (Å²) in [5, 5.41) is 4.55. The largest absolute Gasteiger partial charge is 0.405 e. The van der Waals surface area contributed by atoms with Crippen LogP contribution >= 0.6 is 11.6 Å². The second kappa shape index (κ2) is 5.95. The van der Waals surface area contributed by atoms with Crippen LogP contribution in [-0.2, 0) is 0 Å². The minimum atomic E-state index is -4.43. The van der Waals surface area contributed by atoms with E-state index in [2.05, 4.69) is 5.32 Å².